The van der Waals surface area contributed by atoms with Crippen LogP contribution in [-0.2, 0) is 0 Å². The van der Waals surface area contributed by atoms with E-state index in [-0.39, 0.29) is 6.04 Å². The molecule has 2 aromatic rings. The molecule has 0 saturated heterocycles. The third-order valence-electron chi connectivity index (χ3n) is 2.35. The molecule has 3 nitrogen and oxygen atoms in total. The number of rotatable bonds is 3. The quantitative estimate of drug-likeness (QED) is 0.836. The number of para-hydroxylation sites is 2. The van der Waals surface area contributed by atoms with Gasteiger partial charge in [0, 0.05) is 0 Å². The Balaban J connectivity index is 2.28. The Bertz CT molecular complexity index is 415. The van der Waals surface area contributed by atoms with Gasteiger partial charge in [-0.05, 0) is 24.5 Å². The molecule has 0 saturated carbocycles. The van der Waals surface area contributed by atoms with Crippen LogP contribution < -0.4 is 5.73 Å². The first-order valence-electron chi connectivity index (χ1n) is 5.28. The Morgan fingerprint density at radius 3 is 2.73 bits per heavy atom. The molecule has 3 heteroatoms. The molecule has 0 amide bonds. The molecule has 80 valence electrons. The van der Waals surface area contributed by atoms with Gasteiger partial charge in [0.2, 0.25) is 5.89 Å². The van der Waals surface area contributed by atoms with E-state index < -0.39 is 0 Å². The highest BCUT2D eigenvalue weighted by molar-refractivity contribution is 5.72. The molecule has 0 spiro atoms. The van der Waals surface area contributed by atoms with Crippen LogP contribution in [0.4, 0.5) is 0 Å². The van der Waals surface area contributed by atoms with Crippen molar-refractivity contribution in [1.82, 2.24) is 4.98 Å². The van der Waals surface area contributed by atoms with Crippen LogP contribution in [0.15, 0.2) is 28.7 Å². The van der Waals surface area contributed by atoms with Crippen LogP contribution in [-0.4, -0.2) is 4.98 Å². The first-order chi connectivity index (χ1) is 7.16. The molecule has 1 aromatic heterocycles. The Morgan fingerprint density at radius 1 is 1.33 bits per heavy atom. The Morgan fingerprint density at radius 2 is 2.07 bits per heavy atom. The first-order valence-corrected chi connectivity index (χ1v) is 5.28. The molecule has 1 aromatic carbocycles. The molecule has 15 heavy (non-hydrogen) atoms. The van der Waals surface area contributed by atoms with E-state index in [1.807, 2.05) is 24.3 Å². The van der Waals surface area contributed by atoms with Crippen molar-refractivity contribution in [2.75, 3.05) is 0 Å². The number of fused-ring (bicyclic) bond motifs is 1. The lowest BCUT2D eigenvalue weighted by atomic mass is 10.0. The standard InChI is InChI=1S/C12H16N2O/c1-8(2)7-9(13)12-14-10-5-3-4-6-11(10)15-12/h3-6,8-9H,7,13H2,1-2H3/t9-/m0/s1. The Labute approximate surface area is 89.3 Å². The molecule has 2 rings (SSSR count). The van der Waals surface area contributed by atoms with E-state index in [2.05, 4.69) is 18.8 Å². The SMILES string of the molecule is CC(C)C[C@H](N)c1nc2ccccc2o1. The topological polar surface area (TPSA) is 52.0 Å². The second kappa shape index (κ2) is 4.03. The van der Waals surface area contributed by atoms with Crippen LogP contribution in [0, 0.1) is 5.92 Å². The molecule has 1 atom stereocenters. The fourth-order valence-corrected chi connectivity index (χ4v) is 1.66. The van der Waals surface area contributed by atoms with E-state index >= 15 is 0 Å². The van der Waals surface area contributed by atoms with E-state index in [1.165, 1.54) is 0 Å². The molecule has 0 fully saturated rings. The highest BCUT2D eigenvalue weighted by atomic mass is 16.3. The zero-order valence-corrected chi connectivity index (χ0v) is 9.10. The fraction of sp³-hybridized carbons (Fsp3) is 0.417. The average molecular weight is 204 g/mol. The minimum atomic E-state index is -0.0996. The molecule has 1 heterocycles. The van der Waals surface area contributed by atoms with Crippen molar-refractivity contribution >= 4 is 11.1 Å². The molecule has 0 radical (unpaired) electrons. The molecular weight excluding hydrogens is 188 g/mol. The lowest BCUT2D eigenvalue weighted by molar-refractivity contribution is 0.417. The highest BCUT2D eigenvalue weighted by Gasteiger charge is 2.14. The van der Waals surface area contributed by atoms with Crippen LogP contribution in [0.2, 0.25) is 0 Å². The lowest BCUT2D eigenvalue weighted by Crippen LogP contribution is -2.13. The largest absolute Gasteiger partial charge is 0.439 e. The van der Waals surface area contributed by atoms with Gasteiger partial charge in [0.1, 0.15) is 5.52 Å². The van der Waals surface area contributed by atoms with Crippen molar-refractivity contribution < 1.29 is 4.42 Å². The zero-order valence-electron chi connectivity index (χ0n) is 9.10. The number of aromatic nitrogens is 1. The summed E-state index contributed by atoms with van der Waals surface area (Å²) >= 11 is 0. The van der Waals surface area contributed by atoms with Gasteiger partial charge in [-0.15, -0.1) is 0 Å². The number of hydrogen-bond donors (Lipinski definition) is 1. The predicted octanol–water partition coefficient (Wildman–Crippen LogP) is 2.87. The van der Waals surface area contributed by atoms with Gasteiger partial charge in [0.15, 0.2) is 5.58 Å². The predicted molar refractivity (Wildman–Crippen MR) is 60.4 cm³/mol. The van der Waals surface area contributed by atoms with Crippen LogP contribution in [0.3, 0.4) is 0 Å². The molecule has 0 aliphatic carbocycles. The van der Waals surface area contributed by atoms with Crippen LogP contribution in [0.25, 0.3) is 11.1 Å². The van der Waals surface area contributed by atoms with Crippen LogP contribution >= 0.6 is 0 Å². The summed E-state index contributed by atoms with van der Waals surface area (Å²) in [5, 5.41) is 0. The number of benzene rings is 1. The molecule has 0 unspecified atom stereocenters. The summed E-state index contributed by atoms with van der Waals surface area (Å²) in [6.07, 6.45) is 0.896. The molecule has 2 N–H and O–H groups in total. The molecule has 0 aliphatic heterocycles. The smallest absolute Gasteiger partial charge is 0.212 e. The number of oxazole rings is 1. The summed E-state index contributed by atoms with van der Waals surface area (Å²) in [5.74, 6) is 1.19. The van der Waals surface area contributed by atoms with Gasteiger partial charge >= 0.3 is 0 Å². The van der Waals surface area contributed by atoms with Gasteiger partial charge in [0.25, 0.3) is 0 Å². The van der Waals surface area contributed by atoms with Crippen LogP contribution in [0.5, 0.6) is 0 Å². The minimum Gasteiger partial charge on any atom is -0.439 e. The highest BCUT2D eigenvalue weighted by Crippen LogP contribution is 2.22. The van der Waals surface area contributed by atoms with E-state index in [0.29, 0.717) is 11.8 Å². The maximum atomic E-state index is 6.00. The summed E-state index contributed by atoms with van der Waals surface area (Å²) in [5.41, 5.74) is 7.70. The third kappa shape index (κ3) is 2.18. The van der Waals surface area contributed by atoms with Crippen molar-refractivity contribution in [1.29, 1.82) is 0 Å². The molecule has 0 aliphatic rings. The van der Waals surface area contributed by atoms with Gasteiger partial charge in [-0.2, -0.15) is 0 Å². The summed E-state index contributed by atoms with van der Waals surface area (Å²) in [6.45, 7) is 4.28. The minimum absolute atomic E-state index is 0.0996. The second-order valence-corrected chi connectivity index (χ2v) is 4.26. The summed E-state index contributed by atoms with van der Waals surface area (Å²) in [6, 6.07) is 7.63. The number of nitrogens with two attached hydrogens (primary N) is 1. The van der Waals surface area contributed by atoms with E-state index in [4.69, 9.17) is 10.2 Å². The normalized spacial score (nSPS) is 13.6. The van der Waals surface area contributed by atoms with Crippen molar-refractivity contribution in [3.8, 4) is 0 Å². The van der Waals surface area contributed by atoms with Crippen molar-refractivity contribution in [2.45, 2.75) is 26.3 Å². The van der Waals surface area contributed by atoms with Crippen molar-refractivity contribution in [3.05, 3.63) is 30.2 Å². The summed E-state index contributed by atoms with van der Waals surface area (Å²) < 4.78 is 5.59. The Hall–Kier alpha value is -1.35. The summed E-state index contributed by atoms with van der Waals surface area (Å²) in [4.78, 5) is 4.37. The van der Waals surface area contributed by atoms with E-state index in [1.54, 1.807) is 0 Å². The van der Waals surface area contributed by atoms with Gasteiger partial charge < -0.3 is 10.2 Å². The number of nitrogens with zero attached hydrogens (tertiary/aromatic N) is 1. The molecular formula is C12H16N2O. The third-order valence-corrected chi connectivity index (χ3v) is 2.35. The fourth-order valence-electron chi connectivity index (χ4n) is 1.66. The first kappa shape index (κ1) is 10.2. The lowest BCUT2D eigenvalue weighted by Gasteiger charge is -2.09. The average Bonchev–Trinajstić information content (AvgIpc) is 2.59. The maximum Gasteiger partial charge on any atom is 0.212 e. The maximum absolute atomic E-state index is 6.00. The summed E-state index contributed by atoms with van der Waals surface area (Å²) in [7, 11) is 0. The van der Waals surface area contributed by atoms with Gasteiger partial charge in [-0.3, -0.25) is 0 Å². The molecule has 0 bridgehead atoms. The monoisotopic (exact) mass is 204 g/mol. The van der Waals surface area contributed by atoms with Gasteiger partial charge in [0.05, 0.1) is 6.04 Å². The van der Waals surface area contributed by atoms with E-state index in [0.717, 1.165) is 17.5 Å². The zero-order chi connectivity index (χ0) is 10.8. The van der Waals surface area contributed by atoms with Gasteiger partial charge in [-0.25, -0.2) is 4.98 Å². The van der Waals surface area contributed by atoms with E-state index in [9.17, 15) is 0 Å². The van der Waals surface area contributed by atoms with Crippen molar-refractivity contribution in [3.63, 3.8) is 0 Å². The van der Waals surface area contributed by atoms with Gasteiger partial charge in [-0.1, -0.05) is 26.0 Å². The Kier molecular flexibility index (Phi) is 2.73. The van der Waals surface area contributed by atoms with Crippen LogP contribution in [0.1, 0.15) is 32.2 Å². The number of hydrogen-bond acceptors (Lipinski definition) is 3. The van der Waals surface area contributed by atoms with Crippen molar-refractivity contribution in [2.24, 2.45) is 11.7 Å². The second-order valence-electron chi connectivity index (χ2n) is 4.26.